The summed E-state index contributed by atoms with van der Waals surface area (Å²) >= 11 is 1.36. The Morgan fingerprint density at radius 2 is 1.67 bits per heavy atom. The quantitative estimate of drug-likeness (QED) is 0.338. The molecular formula is C26H26N4O2S. The van der Waals surface area contributed by atoms with Gasteiger partial charge in [0.25, 0.3) is 0 Å². The van der Waals surface area contributed by atoms with E-state index in [0.717, 1.165) is 28.3 Å². The molecule has 168 valence electrons. The van der Waals surface area contributed by atoms with E-state index in [1.54, 1.807) is 7.11 Å². The lowest BCUT2D eigenvalue weighted by Crippen LogP contribution is -2.16. The van der Waals surface area contributed by atoms with Crippen molar-refractivity contribution in [1.82, 2.24) is 14.8 Å². The van der Waals surface area contributed by atoms with E-state index in [1.807, 2.05) is 83.4 Å². The van der Waals surface area contributed by atoms with Crippen LogP contribution in [0.15, 0.2) is 84.0 Å². The van der Waals surface area contributed by atoms with Crippen LogP contribution in [-0.4, -0.2) is 33.5 Å². The highest BCUT2D eigenvalue weighted by atomic mass is 32.2. The van der Waals surface area contributed by atoms with Gasteiger partial charge in [0.05, 0.1) is 12.9 Å². The van der Waals surface area contributed by atoms with Crippen LogP contribution in [0.3, 0.4) is 0 Å². The van der Waals surface area contributed by atoms with Crippen molar-refractivity contribution in [3.05, 3.63) is 84.4 Å². The molecule has 3 aromatic carbocycles. The first-order chi connectivity index (χ1) is 16.1. The van der Waals surface area contributed by atoms with E-state index >= 15 is 0 Å². The zero-order valence-electron chi connectivity index (χ0n) is 18.9. The maximum Gasteiger partial charge on any atom is 0.234 e. The van der Waals surface area contributed by atoms with Crippen LogP contribution in [0.5, 0.6) is 5.75 Å². The highest BCUT2D eigenvalue weighted by molar-refractivity contribution is 7.99. The maximum absolute atomic E-state index is 12.8. The van der Waals surface area contributed by atoms with Gasteiger partial charge in [-0.25, -0.2) is 0 Å². The molecule has 4 rings (SSSR count). The van der Waals surface area contributed by atoms with Crippen LogP contribution in [0.1, 0.15) is 25.3 Å². The minimum Gasteiger partial charge on any atom is -0.497 e. The Hall–Kier alpha value is -3.58. The maximum atomic E-state index is 12.8. The number of hydrogen-bond donors (Lipinski definition) is 1. The Morgan fingerprint density at radius 1 is 0.970 bits per heavy atom. The van der Waals surface area contributed by atoms with Crippen LogP contribution in [0, 0.1) is 0 Å². The predicted molar refractivity (Wildman–Crippen MR) is 133 cm³/mol. The molecule has 0 saturated carbocycles. The normalized spacial score (nSPS) is 10.9. The minimum atomic E-state index is -0.0846. The molecule has 0 unspecified atom stereocenters. The number of ether oxygens (including phenoxy) is 1. The van der Waals surface area contributed by atoms with E-state index in [0.29, 0.717) is 16.9 Å². The van der Waals surface area contributed by atoms with E-state index in [-0.39, 0.29) is 11.7 Å². The van der Waals surface area contributed by atoms with Crippen molar-refractivity contribution in [2.45, 2.75) is 24.9 Å². The molecule has 4 aromatic rings. The number of carbonyl (C=O) groups is 1. The second kappa shape index (κ2) is 10.4. The molecule has 1 N–H and O–H groups in total. The summed E-state index contributed by atoms with van der Waals surface area (Å²) in [7, 11) is 1.64. The molecular weight excluding hydrogens is 432 g/mol. The monoisotopic (exact) mass is 458 g/mol. The Bertz CT molecular complexity index is 1220. The van der Waals surface area contributed by atoms with Gasteiger partial charge in [-0.2, -0.15) is 0 Å². The molecule has 0 saturated heterocycles. The fourth-order valence-electron chi connectivity index (χ4n) is 3.53. The third-order valence-electron chi connectivity index (χ3n) is 5.19. The third kappa shape index (κ3) is 5.26. The Labute approximate surface area is 198 Å². The minimum absolute atomic E-state index is 0.0846. The molecule has 0 atom stereocenters. The fraction of sp³-hybridized carbons (Fsp3) is 0.192. The van der Waals surface area contributed by atoms with E-state index in [1.165, 1.54) is 11.8 Å². The molecule has 6 nitrogen and oxygen atoms in total. The second-order valence-electron chi connectivity index (χ2n) is 7.78. The van der Waals surface area contributed by atoms with E-state index in [9.17, 15) is 4.79 Å². The molecule has 0 aliphatic carbocycles. The summed E-state index contributed by atoms with van der Waals surface area (Å²) in [6, 6.07) is 25.5. The smallest absolute Gasteiger partial charge is 0.234 e. The molecule has 1 aromatic heterocycles. The Balaban J connectivity index is 1.59. The second-order valence-corrected chi connectivity index (χ2v) is 8.73. The predicted octanol–water partition coefficient (Wildman–Crippen LogP) is 5.80. The van der Waals surface area contributed by atoms with Gasteiger partial charge in [0.15, 0.2) is 11.0 Å². The number of benzene rings is 3. The first-order valence-electron chi connectivity index (χ1n) is 10.7. The van der Waals surface area contributed by atoms with Gasteiger partial charge in [0.1, 0.15) is 5.75 Å². The van der Waals surface area contributed by atoms with Crippen LogP contribution in [0.2, 0.25) is 0 Å². The lowest BCUT2D eigenvalue weighted by molar-refractivity contribution is -0.113. The lowest BCUT2D eigenvalue weighted by Gasteiger charge is -2.14. The van der Waals surface area contributed by atoms with Gasteiger partial charge in [-0.3, -0.25) is 9.36 Å². The highest BCUT2D eigenvalue weighted by Crippen LogP contribution is 2.29. The number of carbonyl (C=O) groups excluding carboxylic acids is 1. The van der Waals surface area contributed by atoms with Crippen molar-refractivity contribution in [1.29, 1.82) is 0 Å². The van der Waals surface area contributed by atoms with E-state index < -0.39 is 0 Å². The number of thioether (sulfide) groups is 1. The fourth-order valence-corrected chi connectivity index (χ4v) is 4.28. The summed E-state index contributed by atoms with van der Waals surface area (Å²) in [5.41, 5.74) is 3.80. The Morgan fingerprint density at radius 3 is 2.36 bits per heavy atom. The average molecular weight is 459 g/mol. The highest BCUT2D eigenvalue weighted by Gasteiger charge is 2.18. The third-order valence-corrected chi connectivity index (χ3v) is 6.11. The van der Waals surface area contributed by atoms with Gasteiger partial charge >= 0.3 is 0 Å². The van der Waals surface area contributed by atoms with E-state index in [4.69, 9.17) is 4.74 Å². The zero-order valence-corrected chi connectivity index (χ0v) is 19.7. The number of nitrogens with zero attached hydrogens (tertiary/aromatic N) is 3. The van der Waals surface area contributed by atoms with Gasteiger partial charge < -0.3 is 10.1 Å². The van der Waals surface area contributed by atoms with Crippen LogP contribution >= 0.6 is 11.8 Å². The van der Waals surface area contributed by atoms with Gasteiger partial charge in [0, 0.05) is 16.9 Å². The van der Waals surface area contributed by atoms with E-state index in [2.05, 4.69) is 29.4 Å². The first kappa shape index (κ1) is 22.6. The molecule has 1 heterocycles. The summed E-state index contributed by atoms with van der Waals surface area (Å²) < 4.78 is 7.26. The number of anilines is 1. The number of aromatic nitrogens is 3. The molecule has 0 aliphatic heterocycles. The molecule has 7 heteroatoms. The summed E-state index contributed by atoms with van der Waals surface area (Å²) in [5, 5.41) is 12.5. The molecule has 0 fully saturated rings. The van der Waals surface area contributed by atoms with Crippen molar-refractivity contribution in [2.75, 3.05) is 18.2 Å². The molecule has 1 amide bonds. The van der Waals surface area contributed by atoms with Crippen molar-refractivity contribution in [3.8, 4) is 22.8 Å². The molecule has 0 radical (unpaired) electrons. The molecule has 33 heavy (non-hydrogen) atoms. The standard InChI is InChI=1S/C26H26N4O2S/c1-18(2)22-11-7-8-12-23(22)27-24(31)17-33-26-29-28-25(19-9-5-4-6-10-19)30(26)20-13-15-21(32-3)16-14-20/h4-16,18H,17H2,1-3H3,(H,27,31). The van der Waals surface area contributed by atoms with Crippen molar-refractivity contribution >= 4 is 23.4 Å². The van der Waals surface area contributed by atoms with Gasteiger partial charge in [-0.1, -0.05) is 74.1 Å². The number of methoxy groups -OCH3 is 1. The topological polar surface area (TPSA) is 69.0 Å². The number of nitrogens with one attached hydrogen (secondary N) is 1. The number of para-hydroxylation sites is 1. The van der Waals surface area contributed by atoms with Crippen LogP contribution in [0.25, 0.3) is 17.1 Å². The summed E-state index contributed by atoms with van der Waals surface area (Å²) in [4.78, 5) is 12.8. The summed E-state index contributed by atoms with van der Waals surface area (Å²) in [6.45, 7) is 4.23. The van der Waals surface area contributed by atoms with Gasteiger partial charge in [0.2, 0.25) is 5.91 Å². The zero-order chi connectivity index (χ0) is 23.2. The van der Waals surface area contributed by atoms with Crippen LogP contribution in [-0.2, 0) is 4.79 Å². The van der Waals surface area contributed by atoms with Crippen LogP contribution < -0.4 is 10.1 Å². The first-order valence-corrected chi connectivity index (χ1v) is 11.7. The van der Waals surface area contributed by atoms with Crippen molar-refractivity contribution < 1.29 is 9.53 Å². The van der Waals surface area contributed by atoms with Gasteiger partial charge in [-0.05, 0) is 41.8 Å². The largest absolute Gasteiger partial charge is 0.497 e. The number of hydrogen-bond acceptors (Lipinski definition) is 5. The summed E-state index contributed by atoms with van der Waals surface area (Å²) in [6.07, 6.45) is 0. The lowest BCUT2D eigenvalue weighted by atomic mass is 10.0. The van der Waals surface area contributed by atoms with Crippen molar-refractivity contribution in [3.63, 3.8) is 0 Å². The Kier molecular flexibility index (Phi) is 7.10. The van der Waals surface area contributed by atoms with Crippen molar-refractivity contribution in [2.24, 2.45) is 0 Å². The van der Waals surface area contributed by atoms with Gasteiger partial charge in [-0.15, -0.1) is 10.2 Å². The SMILES string of the molecule is COc1ccc(-n2c(SCC(=O)Nc3ccccc3C(C)C)nnc2-c2ccccc2)cc1. The number of amides is 1. The molecule has 0 bridgehead atoms. The summed E-state index contributed by atoms with van der Waals surface area (Å²) in [5.74, 6) is 1.94. The molecule has 0 spiro atoms. The molecule has 0 aliphatic rings. The van der Waals surface area contributed by atoms with Crippen LogP contribution in [0.4, 0.5) is 5.69 Å². The number of rotatable bonds is 8. The average Bonchev–Trinajstić information content (AvgIpc) is 3.27.